The van der Waals surface area contributed by atoms with E-state index < -0.39 is 0 Å². The molecule has 0 bridgehead atoms. The van der Waals surface area contributed by atoms with Crippen molar-refractivity contribution in [3.63, 3.8) is 0 Å². The molecule has 2 heteroatoms. The summed E-state index contributed by atoms with van der Waals surface area (Å²) in [5, 5.41) is 4.84. The fourth-order valence-electron chi connectivity index (χ4n) is 2.10. The van der Waals surface area contributed by atoms with Crippen LogP contribution >= 0.6 is 0 Å². The molecule has 0 amide bonds. The molecule has 0 fully saturated rings. The minimum Gasteiger partial charge on any atom is -0.540 e. The third-order valence-electron chi connectivity index (χ3n) is 2.86. The van der Waals surface area contributed by atoms with Crippen molar-refractivity contribution in [2.45, 2.75) is 0 Å². The molecule has 0 aliphatic heterocycles. The maximum atomic E-state index is 5.18. The Labute approximate surface area is 97.2 Å². The van der Waals surface area contributed by atoms with Gasteiger partial charge in [0.05, 0.1) is 0 Å². The molecule has 1 nitrogen and oxygen atoms in total. The Kier molecular flexibility index (Phi) is 2.15. The first kappa shape index (κ1) is 9.42. The lowest BCUT2D eigenvalue weighted by molar-refractivity contribution is 0.624. The third-order valence-corrected chi connectivity index (χ3v) is 3.08. The SMILES string of the molecule is [Si]Oc1cccc2c1ccc1ccccc12. The second-order valence-electron chi connectivity index (χ2n) is 3.74. The number of hydrogen-bond donors (Lipinski definition) is 0. The van der Waals surface area contributed by atoms with E-state index in [0.717, 1.165) is 11.1 Å². The zero-order chi connectivity index (χ0) is 11.0. The standard InChI is InChI=1S/C14H9OSi/c16-15-14-7-3-6-12-11-5-2-1-4-10(11)8-9-13(12)14/h1-9H. The first-order valence-electron chi connectivity index (χ1n) is 5.14. The lowest BCUT2D eigenvalue weighted by atomic mass is 10.0. The van der Waals surface area contributed by atoms with Gasteiger partial charge in [-0.05, 0) is 22.2 Å². The van der Waals surface area contributed by atoms with Gasteiger partial charge in [-0.1, -0.05) is 48.5 Å². The van der Waals surface area contributed by atoms with Gasteiger partial charge in [-0.2, -0.15) is 0 Å². The van der Waals surface area contributed by atoms with Crippen molar-refractivity contribution in [1.29, 1.82) is 0 Å². The Bertz CT molecular complexity index is 661. The van der Waals surface area contributed by atoms with Crippen molar-refractivity contribution in [3.05, 3.63) is 54.6 Å². The molecule has 0 aliphatic carbocycles. The third kappa shape index (κ3) is 1.31. The van der Waals surface area contributed by atoms with E-state index >= 15 is 0 Å². The van der Waals surface area contributed by atoms with E-state index in [1.807, 2.05) is 12.1 Å². The molecule has 3 aromatic rings. The molecule has 3 rings (SSSR count). The summed E-state index contributed by atoms with van der Waals surface area (Å²) in [5.74, 6) is 0.847. The van der Waals surface area contributed by atoms with Crippen molar-refractivity contribution in [3.8, 4) is 5.75 Å². The van der Waals surface area contributed by atoms with Crippen LogP contribution in [0.1, 0.15) is 0 Å². The average molecular weight is 221 g/mol. The van der Waals surface area contributed by atoms with Crippen molar-refractivity contribution in [2.75, 3.05) is 0 Å². The van der Waals surface area contributed by atoms with Gasteiger partial charge in [0.25, 0.3) is 0 Å². The predicted molar refractivity (Wildman–Crippen MR) is 67.8 cm³/mol. The molecule has 0 saturated carbocycles. The molecule has 3 aromatic carbocycles. The van der Waals surface area contributed by atoms with Crippen molar-refractivity contribution in [2.24, 2.45) is 0 Å². The van der Waals surface area contributed by atoms with Gasteiger partial charge in [-0.15, -0.1) is 0 Å². The predicted octanol–water partition coefficient (Wildman–Crippen LogP) is 3.46. The zero-order valence-corrected chi connectivity index (χ0v) is 9.60. The van der Waals surface area contributed by atoms with Crippen LogP contribution in [0.4, 0.5) is 0 Å². The molecule has 0 unspecified atom stereocenters. The Morgan fingerprint density at radius 1 is 0.688 bits per heavy atom. The van der Waals surface area contributed by atoms with E-state index in [0.29, 0.717) is 0 Å². The Hall–Kier alpha value is -1.80. The molecule has 0 N–H and O–H groups in total. The average Bonchev–Trinajstić information content (AvgIpc) is 2.37. The van der Waals surface area contributed by atoms with Gasteiger partial charge in [0.15, 0.2) is 0 Å². The summed E-state index contributed by atoms with van der Waals surface area (Å²) >= 11 is 0. The largest absolute Gasteiger partial charge is 0.540 e. The van der Waals surface area contributed by atoms with Crippen LogP contribution in [-0.4, -0.2) is 10.5 Å². The summed E-state index contributed by atoms with van der Waals surface area (Å²) in [4.78, 5) is 0. The number of fused-ring (bicyclic) bond motifs is 3. The van der Waals surface area contributed by atoms with Crippen LogP contribution < -0.4 is 4.43 Å². The summed E-state index contributed by atoms with van der Waals surface area (Å²) < 4.78 is 5.18. The van der Waals surface area contributed by atoms with Gasteiger partial charge in [0.2, 0.25) is 0 Å². The van der Waals surface area contributed by atoms with Gasteiger partial charge in [0.1, 0.15) is 5.75 Å². The van der Waals surface area contributed by atoms with E-state index in [-0.39, 0.29) is 0 Å². The molecule has 0 saturated heterocycles. The molecule has 75 valence electrons. The van der Waals surface area contributed by atoms with Crippen molar-refractivity contribution in [1.82, 2.24) is 0 Å². The van der Waals surface area contributed by atoms with Gasteiger partial charge in [-0.25, -0.2) is 0 Å². The van der Waals surface area contributed by atoms with E-state index in [9.17, 15) is 0 Å². The Morgan fingerprint density at radius 2 is 1.50 bits per heavy atom. The maximum Gasteiger partial charge on any atom is 0.341 e. The molecular weight excluding hydrogens is 212 g/mol. The second kappa shape index (κ2) is 3.65. The van der Waals surface area contributed by atoms with Crippen LogP contribution in [0, 0.1) is 0 Å². The summed E-state index contributed by atoms with van der Waals surface area (Å²) in [7, 11) is 3.09. The highest BCUT2D eigenvalue weighted by Gasteiger charge is 2.03. The molecular formula is C14H9OSi. The first-order valence-corrected chi connectivity index (χ1v) is 5.55. The highest BCUT2D eigenvalue weighted by atomic mass is 28.2. The molecule has 3 radical (unpaired) electrons. The number of hydrogen-bond acceptors (Lipinski definition) is 1. The summed E-state index contributed by atoms with van der Waals surface area (Å²) in [6, 6.07) is 18.6. The molecule has 16 heavy (non-hydrogen) atoms. The molecule has 0 aromatic heterocycles. The normalized spacial score (nSPS) is 10.8. The first-order chi connectivity index (χ1) is 7.90. The Balaban J connectivity index is 2.52. The maximum absolute atomic E-state index is 5.18. The summed E-state index contributed by atoms with van der Waals surface area (Å²) in [6.07, 6.45) is 0. The monoisotopic (exact) mass is 221 g/mol. The van der Waals surface area contributed by atoms with E-state index in [1.165, 1.54) is 16.2 Å². The fraction of sp³-hybridized carbons (Fsp3) is 0. The van der Waals surface area contributed by atoms with Gasteiger partial charge < -0.3 is 4.43 Å². The van der Waals surface area contributed by atoms with Crippen LogP contribution in [-0.2, 0) is 0 Å². The van der Waals surface area contributed by atoms with Crippen molar-refractivity contribution < 1.29 is 4.43 Å². The highest BCUT2D eigenvalue weighted by Crippen LogP contribution is 2.30. The van der Waals surface area contributed by atoms with Crippen LogP contribution in [0.25, 0.3) is 21.5 Å². The smallest absolute Gasteiger partial charge is 0.341 e. The van der Waals surface area contributed by atoms with Crippen molar-refractivity contribution >= 4 is 32.0 Å². The van der Waals surface area contributed by atoms with E-state index in [1.54, 1.807) is 0 Å². The second-order valence-corrected chi connectivity index (χ2v) is 3.94. The fourth-order valence-corrected chi connectivity index (χ4v) is 2.28. The number of benzene rings is 3. The van der Waals surface area contributed by atoms with Crippen LogP contribution in [0.15, 0.2) is 54.6 Å². The van der Waals surface area contributed by atoms with Crippen LogP contribution in [0.3, 0.4) is 0 Å². The molecule has 0 heterocycles. The zero-order valence-electron chi connectivity index (χ0n) is 8.60. The Morgan fingerprint density at radius 3 is 2.38 bits per heavy atom. The minimum absolute atomic E-state index is 0.847. The minimum atomic E-state index is 0.847. The van der Waals surface area contributed by atoms with Crippen LogP contribution in [0.2, 0.25) is 0 Å². The number of rotatable bonds is 1. The molecule has 0 atom stereocenters. The van der Waals surface area contributed by atoms with Gasteiger partial charge >= 0.3 is 10.5 Å². The highest BCUT2D eigenvalue weighted by molar-refractivity contribution is 6.10. The summed E-state index contributed by atoms with van der Waals surface area (Å²) in [5.41, 5.74) is 0. The lowest BCUT2D eigenvalue weighted by Crippen LogP contribution is -1.86. The quantitative estimate of drug-likeness (QED) is 0.451. The summed E-state index contributed by atoms with van der Waals surface area (Å²) in [6.45, 7) is 0. The van der Waals surface area contributed by atoms with E-state index in [4.69, 9.17) is 4.43 Å². The molecule has 0 spiro atoms. The molecule has 0 aliphatic rings. The lowest BCUT2D eigenvalue weighted by Gasteiger charge is -2.07. The topological polar surface area (TPSA) is 9.23 Å². The van der Waals surface area contributed by atoms with Crippen LogP contribution in [0.5, 0.6) is 5.75 Å². The van der Waals surface area contributed by atoms with Gasteiger partial charge in [-0.3, -0.25) is 0 Å². The van der Waals surface area contributed by atoms with Gasteiger partial charge in [0, 0.05) is 5.39 Å². The van der Waals surface area contributed by atoms with E-state index in [2.05, 4.69) is 53.0 Å².